The molecular formula is C20H24N2O3S2. The number of benzene rings is 1. The maximum absolute atomic E-state index is 13.1. The van der Waals surface area contributed by atoms with Crippen molar-refractivity contribution in [3.8, 4) is 0 Å². The first-order valence-corrected chi connectivity index (χ1v) is 10.9. The number of aryl methyl sites for hydroxylation is 1. The van der Waals surface area contributed by atoms with Crippen molar-refractivity contribution in [1.29, 1.82) is 0 Å². The summed E-state index contributed by atoms with van der Waals surface area (Å²) in [6.45, 7) is 4.58. The summed E-state index contributed by atoms with van der Waals surface area (Å²) in [5.74, 6) is -0.283. The number of aromatic nitrogens is 2. The van der Waals surface area contributed by atoms with E-state index in [1.165, 1.54) is 24.4 Å². The van der Waals surface area contributed by atoms with Crippen molar-refractivity contribution in [2.45, 2.75) is 60.2 Å². The van der Waals surface area contributed by atoms with Gasteiger partial charge in [0.15, 0.2) is 5.16 Å². The van der Waals surface area contributed by atoms with Crippen LogP contribution in [-0.4, -0.2) is 33.1 Å². The molecule has 2 unspecified atom stereocenters. The number of ether oxygens (including phenoxy) is 1. The molecule has 5 nitrogen and oxygen atoms in total. The second-order valence-corrected chi connectivity index (χ2v) is 9.15. The third-order valence-electron chi connectivity index (χ3n) is 4.51. The van der Waals surface area contributed by atoms with E-state index in [1.807, 2.05) is 25.1 Å². The van der Waals surface area contributed by atoms with Crippen LogP contribution in [0.2, 0.25) is 0 Å². The van der Waals surface area contributed by atoms with Gasteiger partial charge in [-0.1, -0.05) is 55.9 Å². The molecule has 0 spiro atoms. The third kappa shape index (κ3) is 4.58. The number of rotatable bonds is 7. The van der Waals surface area contributed by atoms with Gasteiger partial charge in [0.2, 0.25) is 0 Å². The average Bonchev–Trinajstić information content (AvgIpc) is 3.06. The minimum Gasteiger partial charge on any atom is -0.468 e. The molecule has 1 aliphatic rings. The van der Waals surface area contributed by atoms with Gasteiger partial charge in [0.05, 0.1) is 17.7 Å². The highest BCUT2D eigenvalue weighted by atomic mass is 32.2. The van der Waals surface area contributed by atoms with Crippen LogP contribution >= 0.6 is 23.5 Å². The first-order valence-electron chi connectivity index (χ1n) is 9.12. The Kier molecular flexibility index (Phi) is 6.65. The van der Waals surface area contributed by atoms with Gasteiger partial charge < -0.3 is 4.74 Å². The normalized spacial score (nSPS) is 16.8. The van der Waals surface area contributed by atoms with Crippen LogP contribution in [0.3, 0.4) is 0 Å². The lowest BCUT2D eigenvalue weighted by Gasteiger charge is -2.17. The van der Waals surface area contributed by atoms with Gasteiger partial charge in [0.1, 0.15) is 5.25 Å². The van der Waals surface area contributed by atoms with Gasteiger partial charge in [-0.2, -0.15) is 0 Å². The predicted octanol–water partition coefficient (Wildman–Crippen LogP) is 3.57. The highest BCUT2D eigenvalue weighted by molar-refractivity contribution is 8.00. The van der Waals surface area contributed by atoms with E-state index in [-0.39, 0.29) is 16.8 Å². The summed E-state index contributed by atoms with van der Waals surface area (Å²) in [5.41, 5.74) is 2.03. The zero-order valence-electron chi connectivity index (χ0n) is 15.8. The third-order valence-corrected chi connectivity index (χ3v) is 7.06. The summed E-state index contributed by atoms with van der Waals surface area (Å²) in [6.07, 6.45) is 2.15. The zero-order valence-corrected chi connectivity index (χ0v) is 17.4. The summed E-state index contributed by atoms with van der Waals surface area (Å²) in [4.78, 5) is 30.7. The number of hydrogen-bond donors (Lipinski definition) is 0. The molecule has 27 heavy (non-hydrogen) atoms. The van der Waals surface area contributed by atoms with Gasteiger partial charge in [-0.05, 0) is 18.4 Å². The van der Waals surface area contributed by atoms with E-state index < -0.39 is 0 Å². The number of fused-ring (bicyclic) bond motifs is 1. The van der Waals surface area contributed by atoms with Crippen molar-refractivity contribution in [3.63, 3.8) is 0 Å². The summed E-state index contributed by atoms with van der Waals surface area (Å²) in [7, 11) is 1.39. The Morgan fingerprint density at radius 3 is 2.81 bits per heavy atom. The Morgan fingerprint density at radius 1 is 1.41 bits per heavy atom. The van der Waals surface area contributed by atoms with Crippen LogP contribution in [0.25, 0.3) is 0 Å². The van der Waals surface area contributed by atoms with E-state index in [9.17, 15) is 9.59 Å². The Balaban J connectivity index is 1.94. The van der Waals surface area contributed by atoms with Crippen LogP contribution in [0.4, 0.5) is 0 Å². The van der Waals surface area contributed by atoms with Crippen molar-refractivity contribution in [2.75, 3.05) is 7.11 Å². The molecule has 7 heteroatoms. The van der Waals surface area contributed by atoms with E-state index in [0.29, 0.717) is 23.4 Å². The first kappa shape index (κ1) is 20.0. The van der Waals surface area contributed by atoms with E-state index in [0.717, 1.165) is 23.4 Å². The lowest BCUT2D eigenvalue weighted by molar-refractivity contribution is -0.140. The second kappa shape index (κ2) is 8.97. The van der Waals surface area contributed by atoms with E-state index in [1.54, 1.807) is 16.3 Å². The van der Waals surface area contributed by atoms with Crippen LogP contribution in [0.1, 0.15) is 31.5 Å². The predicted molar refractivity (Wildman–Crippen MR) is 110 cm³/mol. The maximum Gasteiger partial charge on any atom is 0.319 e. The first-order chi connectivity index (χ1) is 13.0. The summed E-state index contributed by atoms with van der Waals surface area (Å²) < 4.78 is 6.63. The fourth-order valence-corrected chi connectivity index (χ4v) is 5.26. The highest BCUT2D eigenvalue weighted by Gasteiger charge is 2.28. The summed E-state index contributed by atoms with van der Waals surface area (Å²) in [5, 5.41) is 0.599. The molecule has 2 atom stereocenters. The Bertz CT molecular complexity index is 868. The number of carbonyl (C=O) groups excluding carboxylic acids is 1. The van der Waals surface area contributed by atoms with Gasteiger partial charge in [-0.25, -0.2) is 4.98 Å². The standard InChI is InChI=1S/C20H24N2O3S2/c1-4-16(19(24)25-3)27-20-21-15-12-13(2)26-17(15)18(23)22(20)11-10-14-8-6-5-7-9-14/h5-9,13,16H,4,10-12H2,1-3H3. The molecule has 1 aromatic carbocycles. The van der Waals surface area contributed by atoms with Crippen molar-refractivity contribution in [1.82, 2.24) is 9.55 Å². The minimum absolute atomic E-state index is 0.00694. The smallest absolute Gasteiger partial charge is 0.319 e. The van der Waals surface area contributed by atoms with Crippen molar-refractivity contribution >= 4 is 29.5 Å². The van der Waals surface area contributed by atoms with Gasteiger partial charge >= 0.3 is 5.97 Å². The molecule has 0 bridgehead atoms. The Labute approximate surface area is 167 Å². The number of methoxy groups -OCH3 is 1. The molecule has 0 radical (unpaired) electrons. The molecule has 0 amide bonds. The molecule has 2 heterocycles. The van der Waals surface area contributed by atoms with Crippen LogP contribution in [0, 0.1) is 0 Å². The van der Waals surface area contributed by atoms with Gasteiger partial charge in [0.25, 0.3) is 5.56 Å². The van der Waals surface area contributed by atoms with Crippen LogP contribution < -0.4 is 5.56 Å². The minimum atomic E-state index is -0.366. The van der Waals surface area contributed by atoms with Crippen LogP contribution in [0.5, 0.6) is 0 Å². The molecule has 3 rings (SSSR count). The molecular weight excluding hydrogens is 380 g/mol. The maximum atomic E-state index is 13.1. The quantitative estimate of drug-likeness (QED) is 0.399. The molecule has 2 aromatic rings. The SMILES string of the molecule is CCC(Sc1nc2c(c(=O)n1CCc1ccccc1)SC(C)C2)C(=O)OC. The number of carbonyl (C=O) groups is 1. The Hall–Kier alpha value is -1.73. The molecule has 0 saturated heterocycles. The molecule has 0 saturated carbocycles. The Morgan fingerprint density at radius 2 is 2.15 bits per heavy atom. The van der Waals surface area contributed by atoms with Gasteiger partial charge in [0, 0.05) is 18.2 Å². The fraction of sp³-hybridized carbons (Fsp3) is 0.450. The van der Waals surface area contributed by atoms with Crippen molar-refractivity contribution < 1.29 is 9.53 Å². The number of nitrogens with zero attached hydrogens (tertiary/aromatic N) is 2. The van der Waals surface area contributed by atoms with Gasteiger partial charge in [-0.15, -0.1) is 11.8 Å². The lowest BCUT2D eigenvalue weighted by atomic mass is 10.1. The fourth-order valence-electron chi connectivity index (χ4n) is 3.06. The average molecular weight is 405 g/mol. The molecule has 1 aliphatic heterocycles. The van der Waals surface area contributed by atoms with Gasteiger partial charge in [-0.3, -0.25) is 14.2 Å². The molecule has 1 aromatic heterocycles. The molecule has 0 fully saturated rings. The van der Waals surface area contributed by atoms with E-state index >= 15 is 0 Å². The van der Waals surface area contributed by atoms with Crippen molar-refractivity contribution in [2.24, 2.45) is 0 Å². The number of hydrogen-bond acceptors (Lipinski definition) is 6. The number of thioether (sulfide) groups is 2. The summed E-state index contributed by atoms with van der Waals surface area (Å²) >= 11 is 2.93. The highest BCUT2D eigenvalue weighted by Crippen LogP contribution is 2.35. The number of esters is 1. The molecule has 144 valence electrons. The largest absolute Gasteiger partial charge is 0.468 e. The zero-order chi connectivity index (χ0) is 19.4. The second-order valence-electron chi connectivity index (χ2n) is 6.53. The molecule has 0 N–H and O–H groups in total. The van der Waals surface area contributed by atoms with Crippen LogP contribution in [-0.2, 0) is 28.9 Å². The monoisotopic (exact) mass is 404 g/mol. The van der Waals surface area contributed by atoms with E-state index in [2.05, 4.69) is 19.1 Å². The topological polar surface area (TPSA) is 61.2 Å². The van der Waals surface area contributed by atoms with Crippen LogP contribution in [0.15, 0.2) is 45.2 Å². The summed E-state index contributed by atoms with van der Waals surface area (Å²) in [6, 6.07) is 10.1. The van der Waals surface area contributed by atoms with E-state index in [4.69, 9.17) is 9.72 Å². The molecule has 0 aliphatic carbocycles. The lowest BCUT2D eigenvalue weighted by Crippen LogP contribution is -2.28. The van der Waals surface area contributed by atoms with Crippen molar-refractivity contribution in [3.05, 3.63) is 51.9 Å².